The normalized spacial score (nSPS) is 16.6. The Hall–Kier alpha value is -2.50. The number of aryl methyl sites for hydroxylation is 2. The maximum atomic E-state index is 12.2. The zero-order valence-corrected chi connectivity index (χ0v) is 12.0. The van der Waals surface area contributed by atoms with Crippen molar-refractivity contribution >= 4 is 5.91 Å². The van der Waals surface area contributed by atoms with Crippen LogP contribution in [-0.2, 0) is 18.4 Å². The fraction of sp³-hybridized carbons (Fsp3) is 0.333. The third kappa shape index (κ3) is 2.84. The number of carbonyl (C=O) groups is 1. The topological polar surface area (TPSA) is 65.4 Å². The van der Waals surface area contributed by atoms with Gasteiger partial charge in [0.05, 0.1) is 17.9 Å². The van der Waals surface area contributed by atoms with Gasteiger partial charge in [-0.15, -0.1) is 0 Å². The predicted molar refractivity (Wildman–Crippen MR) is 76.1 cm³/mol. The van der Waals surface area contributed by atoms with Gasteiger partial charge < -0.3 is 14.8 Å². The summed E-state index contributed by atoms with van der Waals surface area (Å²) in [4.78, 5) is 12.2. The molecule has 0 fully saturated rings. The number of hydrogen-bond acceptors (Lipinski definition) is 4. The van der Waals surface area contributed by atoms with E-state index >= 15 is 0 Å². The van der Waals surface area contributed by atoms with Crippen LogP contribution in [0.3, 0.4) is 0 Å². The summed E-state index contributed by atoms with van der Waals surface area (Å²) in [5.41, 5.74) is 1.87. The number of fused-ring (bicyclic) bond motifs is 1. The second kappa shape index (κ2) is 5.47. The second-order valence-corrected chi connectivity index (χ2v) is 4.98. The van der Waals surface area contributed by atoms with E-state index in [1.165, 1.54) is 0 Å². The minimum atomic E-state index is -0.630. The molecule has 1 aliphatic heterocycles. The van der Waals surface area contributed by atoms with Crippen LogP contribution in [0.1, 0.15) is 11.4 Å². The molecule has 1 aromatic heterocycles. The zero-order chi connectivity index (χ0) is 14.8. The lowest BCUT2D eigenvalue weighted by Gasteiger charge is -2.25. The first-order valence-electron chi connectivity index (χ1n) is 6.79. The molecular weight excluding hydrogens is 270 g/mol. The van der Waals surface area contributed by atoms with Gasteiger partial charge in [-0.2, -0.15) is 5.10 Å². The third-order valence-corrected chi connectivity index (χ3v) is 3.34. The lowest BCUT2D eigenvalue weighted by atomic mass is 10.2. The smallest absolute Gasteiger partial charge is 0.265 e. The summed E-state index contributed by atoms with van der Waals surface area (Å²) in [5.74, 6) is 1.08. The van der Waals surface area contributed by atoms with Crippen LogP contribution in [0.2, 0.25) is 0 Å². The highest BCUT2D eigenvalue weighted by atomic mass is 16.6. The summed E-state index contributed by atoms with van der Waals surface area (Å²) in [5, 5.41) is 7.09. The van der Waals surface area contributed by atoms with Crippen LogP contribution in [-0.4, -0.2) is 28.4 Å². The van der Waals surface area contributed by atoms with Gasteiger partial charge in [-0.05, 0) is 25.1 Å². The summed E-state index contributed by atoms with van der Waals surface area (Å²) >= 11 is 0. The highest BCUT2D eigenvalue weighted by Gasteiger charge is 2.27. The van der Waals surface area contributed by atoms with E-state index < -0.39 is 6.10 Å². The van der Waals surface area contributed by atoms with Gasteiger partial charge >= 0.3 is 0 Å². The predicted octanol–water partition coefficient (Wildman–Crippen LogP) is 1.18. The van der Waals surface area contributed by atoms with Crippen molar-refractivity contribution in [1.29, 1.82) is 0 Å². The maximum absolute atomic E-state index is 12.2. The minimum absolute atomic E-state index is 0.191. The molecule has 1 atom stereocenters. The first-order valence-corrected chi connectivity index (χ1v) is 6.79. The SMILES string of the molecule is Cc1cc(CNC(=O)C2COc3ccccc3O2)n(C)n1. The van der Waals surface area contributed by atoms with Crippen LogP contribution in [0.5, 0.6) is 11.5 Å². The standard InChI is InChI=1S/C15H17N3O3/c1-10-7-11(18(2)17-10)8-16-15(19)14-9-20-12-5-3-4-6-13(12)21-14/h3-7,14H,8-9H2,1-2H3,(H,16,19). The van der Waals surface area contributed by atoms with Gasteiger partial charge in [-0.1, -0.05) is 12.1 Å². The van der Waals surface area contributed by atoms with Crippen LogP contribution in [0.15, 0.2) is 30.3 Å². The number of benzene rings is 1. The quantitative estimate of drug-likeness (QED) is 0.921. The Morgan fingerprint density at radius 1 is 1.43 bits per heavy atom. The first-order chi connectivity index (χ1) is 10.1. The van der Waals surface area contributed by atoms with Crippen LogP contribution < -0.4 is 14.8 Å². The van der Waals surface area contributed by atoms with Crippen molar-refractivity contribution in [3.05, 3.63) is 41.7 Å². The van der Waals surface area contributed by atoms with E-state index in [-0.39, 0.29) is 12.5 Å². The Kier molecular flexibility index (Phi) is 3.51. The Morgan fingerprint density at radius 2 is 2.19 bits per heavy atom. The summed E-state index contributed by atoms with van der Waals surface area (Å²) in [7, 11) is 1.85. The number of hydrogen-bond donors (Lipinski definition) is 1. The molecule has 6 nitrogen and oxygen atoms in total. The molecule has 1 amide bonds. The van der Waals surface area contributed by atoms with Gasteiger partial charge in [0.15, 0.2) is 11.5 Å². The van der Waals surface area contributed by atoms with Crippen molar-refractivity contribution in [2.75, 3.05) is 6.61 Å². The monoisotopic (exact) mass is 287 g/mol. The van der Waals surface area contributed by atoms with Crippen molar-refractivity contribution < 1.29 is 14.3 Å². The number of rotatable bonds is 3. The van der Waals surface area contributed by atoms with Gasteiger partial charge in [-0.25, -0.2) is 0 Å². The Labute approximate surface area is 122 Å². The van der Waals surface area contributed by atoms with E-state index in [9.17, 15) is 4.79 Å². The highest BCUT2D eigenvalue weighted by molar-refractivity contribution is 5.81. The molecule has 3 rings (SSSR count). The molecule has 0 aliphatic carbocycles. The summed E-state index contributed by atoms with van der Waals surface area (Å²) in [6.07, 6.45) is -0.630. The molecule has 21 heavy (non-hydrogen) atoms. The van der Waals surface area contributed by atoms with Crippen molar-refractivity contribution in [2.45, 2.75) is 19.6 Å². The largest absolute Gasteiger partial charge is 0.485 e. The molecule has 2 heterocycles. The molecule has 1 unspecified atom stereocenters. The van der Waals surface area contributed by atoms with Gasteiger partial charge in [0.2, 0.25) is 6.10 Å². The Morgan fingerprint density at radius 3 is 2.90 bits per heavy atom. The van der Waals surface area contributed by atoms with Crippen LogP contribution >= 0.6 is 0 Å². The molecule has 1 aromatic carbocycles. The second-order valence-electron chi connectivity index (χ2n) is 4.98. The average molecular weight is 287 g/mol. The Balaban J connectivity index is 1.61. The molecule has 1 aliphatic rings. The fourth-order valence-electron chi connectivity index (χ4n) is 2.27. The maximum Gasteiger partial charge on any atom is 0.265 e. The van der Waals surface area contributed by atoms with E-state index in [0.717, 1.165) is 11.4 Å². The van der Waals surface area contributed by atoms with Crippen molar-refractivity contribution in [2.24, 2.45) is 7.05 Å². The van der Waals surface area contributed by atoms with Crippen LogP contribution in [0, 0.1) is 6.92 Å². The van der Waals surface area contributed by atoms with Gasteiger partial charge in [0.1, 0.15) is 6.61 Å². The zero-order valence-electron chi connectivity index (χ0n) is 12.0. The van der Waals surface area contributed by atoms with Crippen molar-refractivity contribution in [3.8, 4) is 11.5 Å². The van der Waals surface area contributed by atoms with Crippen LogP contribution in [0.25, 0.3) is 0 Å². The summed E-state index contributed by atoms with van der Waals surface area (Å²) in [6.45, 7) is 2.55. The average Bonchev–Trinajstić information content (AvgIpc) is 2.82. The van der Waals surface area contributed by atoms with Crippen molar-refractivity contribution in [1.82, 2.24) is 15.1 Å². The first kappa shape index (κ1) is 13.5. The summed E-state index contributed by atoms with van der Waals surface area (Å²) < 4.78 is 12.9. The van der Waals surface area contributed by atoms with E-state index in [4.69, 9.17) is 9.47 Å². The molecule has 0 spiro atoms. The molecule has 1 N–H and O–H groups in total. The van der Waals surface area contributed by atoms with Gasteiger partial charge in [-0.3, -0.25) is 9.48 Å². The summed E-state index contributed by atoms with van der Waals surface area (Å²) in [6, 6.07) is 9.27. The molecule has 0 radical (unpaired) electrons. The number of amides is 1. The number of carbonyl (C=O) groups excluding carboxylic acids is 1. The van der Waals surface area contributed by atoms with Gasteiger partial charge in [0, 0.05) is 7.05 Å². The molecule has 0 saturated heterocycles. The molecule has 6 heteroatoms. The molecule has 2 aromatic rings. The third-order valence-electron chi connectivity index (χ3n) is 3.34. The number of nitrogens with zero attached hydrogens (tertiary/aromatic N) is 2. The highest BCUT2D eigenvalue weighted by Crippen LogP contribution is 2.30. The van der Waals surface area contributed by atoms with Gasteiger partial charge in [0.25, 0.3) is 5.91 Å². The minimum Gasteiger partial charge on any atom is -0.485 e. The van der Waals surface area contributed by atoms with E-state index in [1.54, 1.807) is 10.7 Å². The lowest BCUT2D eigenvalue weighted by Crippen LogP contribution is -2.43. The molecule has 110 valence electrons. The number of ether oxygens (including phenoxy) is 2. The number of para-hydroxylation sites is 2. The Bertz CT molecular complexity index is 666. The number of aromatic nitrogens is 2. The van der Waals surface area contributed by atoms with E-state index in [2.05, 4.69) is 10.4 Å². The van der Waals surface area contributed by atoms with E-state index in [0.29, 0.717) is 18.0 Å². The van der Waals surface area contributed by atoms with Crippen LogP contribution in [0.4, 0.5) is 0 Å². The molecular formula is C15H17N3O3. The molecule has 0 bridgehead atoms. The lowest BCUT2D eigenvalue weighted by molar-refractivity contribution is -0.130. The van der Waals surface area contributed by atoms with Crippen molar-refractivity contribution in [3.63, 3.8) is 0 Å². The van der Waals surface area contributed by atoms with E-state index in [1.807, 2.05) is 38.2 Å². The fourth-order valence-corrected chi connectivity index (χ4v) is 2.27. The number of nitrogens with one attached hydrogen (secondary N) is 1. The molecule has 0 saturated carbocycles.